The van der Waals surface area contributed by atoms with E-state index in [1.807, 2.05) is 49.1 Å². The van der Waals surface area contributed by atoms with E-state index in [0.29, 0.717) is 13.1 Å². The Labute approximate surface area is 176 Å². The average Bonchev–Trinajstić information content (AvgIpc) is 3.22. The largest absolute Gasteiger partial charge is 0.385 e. The maximum Gasteiger partial charge on any atom is 0.244 e. The summed E-state index contributed by atoms with van der Waals surface area (Å²) >= 11 is 0. The number of nitrogens with zero attached hydrogens (tertiary/aromatic N) is 2. The summed E-state index contributed by atoms with van der Waals surface area (Å²) in [4.78, 5) is 19.1. The minimum atomic E-state index is 0.0449. The highest BCUT2D eigenvalue weighted by Crippen LogP contribution is 2.40. The van der Waals surface area contributed by atoms with Crippen LogP contribution in [0.3, 0.4) is 0 Å². The molecule has 0 saturated heterocycles. The number of amides is 1. The van der Waals surface area contributed by atoms with Crippen LogP contribution in [0.15, 0.2) is 35.3 Å². The number of aliphatic imine (C=N–C) groups is 1. The first-order valence-electron chi connectivity index (χ1n) is 11.0. The van der Waals surface area contributed by atoms with Crippen LogP contribution in [0.2, 0.25) is 0 Å². The highest BCUT2D eigenvalue weighted by molar-refractivity contribution is 5.85. The number of methoxy groups -OCH3 is 1. The lowest BCUT2D eigenvalue weighted by Crippen LogP contribution is -2.44. The summed E-state index contributed by atoms with van der Waals surface area (Å²) in [5.41, 5.74) is 1.41. The third-order valence-corrected chi connectivity index (χ3v) is 5.80. The molecule has 6 nitrogen and oxygen atoms in total. The van der Waals surface area contributed by atoms with Gasteiger partial charge < -0.3 is 20.3 Å². The van der Waals surface area contributed by atoms with Crippen molar-refractivity contribution in [3.63, 3.8) is 0 Å². The van der Waals surface area contributed by atoms with E-state index in [0.717, 1.165) is 37.6 Å². The van der Waals surface area contributed by atoms with Crippen molar-refractivity contribution in [2.45, 2.75) is 52.5 Å². The number of hydrogen-bond acceptors (Lipinski definition) is 3. The number of guanidine groups is 1. The van der Waals surface area contributed by atoms with Gasteiger partial charge in [0.05, 0.1) is 0 Å². The van der Waals surface area contributed by atoms with Crippen LogP contribution in [0.1, 0.15) is 51.5 Å². The van der Waals surface area contributed by atoms with Crippen molar-refractivity contribution < 1.29 is 9.53 Å². The Bertz CT molecular complexity index is 627. The highest BCUT2D eigenvalue weighted by atomic mass is 16.5. The molecule has 0 bridgehead atoms. The molecule has 1 saturated carbocycles. The van der Waals surface area contributed by atoms with Crippen LogP contribution < -0.4 is 10.6 Å². The summed E-state index contributed by atoms with van der Waals surface area (Å²) in [6.45, 7) is 7.93. The Kier molecular flexibility index (Phi) is 9.98. The van der Waals surface area contributed by atoms with E-state index >= 15 is 0 Å². The standard InChI is InChI=1S/C23H38N4O2/c1-4-24-22(26-19-23(15-16-29-3)13-9-10-14-23)25-17-21(28)27(5-2)18-20-11-7-6-8-12-20/h6-8,11-12H,4-5,9-10,13-19H2,1-3H3,(H2,24,25,26). The fourth-order valence-electron chi connectivity index (χ4n) is 4.00. The number of ether oxygens (including phenoxy) is 1. The molecule has 1 aromatic carbocycles. The number of carbonyl (C=O) groups is 1. The van der Waals surface area contributed by atoms with Gasteiger partial charge >= 0.3 is 0 Å². The number of hydrogen-bond donors (Lipinski definition) is 2. The Morgan fingerprint density at radius 1 is 1.17 bits per heavy atom. The van der Waals surface area contributed by atoms with Crippen molar-refractivity contribution in [2.75, 3.05) is 39.9 Å². The Balaban J connectivity index is 1.93. The molecule has 2 N–H and O–H groups in total. The van der Waals surface area contributed by atoms with E-state index in [2.05, 4.69) is 15.6 Å². The van der Waals surface area contributed by atoms with Crippen molar-refractivity contribution in [1.29, 1.82) is 0 Å². The van der Waals surface area contributed by atoms with Crippen LogP contribution in [0, 0.1) is 5.41 Å². The summed E-state index contributed by atoms with van der Waals surface area (Å²) in [5.74, 6) is 0.767. The zero-order valence-corrected chi connectivity index (χ0v) is 18.4. The third-order valence-electron chi connectivity index (χ3n) is 5.80. The van der Waals surface area contributed by atoms with Gasteiger partial charge in [0.2, 0.25) is 5.91 Å². The number of nitrogens with one attached hydrogen (secondary N) is 2. The van der Waals surface area contributed by atoms with Crippen LogP contribution in [-0.2, 0) is 16.1 Å². The van der Waals surface area contributed by atoms with Gasteiger partial charge in [-0.2, -0.15) is 0 Å². The normalized spacial score (nSPS) is 15.9. The summed E-state index contributed by atoms with van der Waals surface area (Å²) in [6, 6.07) is 10.1. The molecule has 0 heterocycles. The fraction of sp³-hybridized carbons (Fsp3) is 0.652. The second-order valence-electron chi connectivity index (χ2n) is 7.89. The maximum absolute atomic E-state index is 12.7. The van der Waals surface area contributed by atoms with Gasteiger partial charge in [0.25, 0.3) is 0 Å². The molecule has 0 atom stereocenters. The topological polar surface area (TPSA) is 66.0 Å². The number of carbonyl (C=O) groups excluding carboxylic acids is 1. The second kappa shape index (κ2) is 12.5. The molecular formula is C23H38N4O2. The molecular weight excluding hydrogens is 364 g/mol. The first kappa shape index (κ1) is 23.2. The van der Waals surface area contributed by atoms with Gasteiger partial charge in [-0.1, -0.05) is 43.2 Å². The molecule has 1 aliphatic rings. The van der Waals surface area contributed by atoms with Gasteiger partial charge in [-0.3, -0.25) is 4.79 Å². The van der Waals surface area contributed by atoms with E-state index < -0.39 is 0 Å². The molecule has 0 aliphatic heterocycles. The van der Waals surface area contributed by atoms with E-state index in [9.17, 15) is 4.79 Å². The molecule has 1 fully saturated rings. The molecule has 6 heteroatoms. The predicted molar refractivity (Wildman–Crippen MR) is 119 cm³/mol. The van der Waals surface area contributed by atoms with Crippen molar-refractivity contribution in [2.24, 2.45) is 10.4 Å². The van der Waals surface area contributed by atoms with Crippen molar-refractivity contribution in [3.8, 4) is 0 Å². The van der Waals surface area contributed by atoms with Crippen LogP contribution in [0.25, 0.3) is 0 Å². The Morgan fingerprint density at radius 3 is 2.52 bits per heavy atom. The van der Waals surface area contributed by atoms with Crippen LogP contribution in [0.5, 0.6) is 0 Å². The minimum Gasteiger partial charge on any atom is -0.385 e. The minimum absolute atomic E-state index is 0.0449. The molecule has 2 rings (SSSR count). The van der Waals surface area contributed by atoms with Crippen molar-refractivity contribution >= 4 is 11.9 Å². The summed E-state index contributed by atoms with van der Waals surface area (Å²) in [5, 5.41) is 6.77. The van der Waals surface area contributed by atoms with Gasteiger partial charge in [-0.15, -0.1) is 0 Å². The quantitative estimate of drug-likeness (QED) is 0.441. The van der Waals surface area contributed by atoms with Gasteiger partial charge in [0, 0.05) is 39.9 Å². The summed E-state index contributed by atoms with van der Waals surface area (Å²) in [7, 11) is 1.77. The van der Waals surface area contributed by atoms with Crippen LogP contribution >= 0.6 is 0 Å². The number of rotatable bonds is 11. The van der Waals surface area contributed by atoms with Gasteiger partial charge in [-0.25, -0.2) is 4.99 Å². The van der Waals surface area contributed by atoms with Gasteiger partial charge in [0.1, 0.15) is 6.54 Å². The molecule has 1 aromatic rings. The first-order valence-corrected chi connectivity index (χ1v) is 11.0. The zero-order valence-electron chi connectivity index (χ0n) is 18.4. The lowest BCUT2D eigenvalue weighted by Gasteiger charge is -2.30. The van der Waals surface area contributed by atoms with Crippen molar-refractivity contribution in [1.82, 2.24) is 15.5 Å². The smallest absolute Gasteiger partial charge is 0.244 e. The van der Waals surface area contributed by atoms with Gasteiger partial charge in [-0.05, 0) is 44.1 Å². The molecule has 0 unspecified atom stereocenters. The lowest BCUT2D eigenvalue weighted by molar-refractivity contribution is -0.130. The van der Waals surface area contributed by atoms with E-state index in [-0.39, 0.29) is 17.9 Å². The number of benzene rings is 1. The Hall–Kier alpha value is -2.08. The number of likely N-dealkylation sites (N-methyl/N-ethyl adjacent to an activating group) is 1. The SMILES string of the molecule is CCNC(=NCC(=O)N(CC)Cc1ccccc1)NCC1(CCOC)CCCC1. The summed E-state index contributed by atoms with van der Waals surface area (Å²) < 4.78 is 5.33. The van der Waals surface area contributed by atoms with Crippen LogP contribution in [0.4, 0.5) is 0 Å². The third kappa shape index (κ3) is 7.69. The Morgan fingerprint density at radius 2 is 1.90 bits per heavy atom. The molecule has 162 valence electrons. The summed E-state index contributed by atoms with van der Waals surface area (Å²) in [6.07, 6.45) is 6.07. The predicted octanol–water partition coefficient (Wildman–Crippen LogP) is 3.19. The zero-order chi connectivity index (χ0) is 21.0. The fourth-order valence-corrected chi connectivity index (χ4v) is 4.00. The average molecular weight is 403 g/mol. The van der Waals surface area contributed by atoms with Crippen LogP contribution in [-0.4, -0.2) is 56.7 Å². The monoisotopic (exact) mass is 402 g/mol. The highest BCUT2D eigenvalue weighted by Gasteiger charge is 2.33. The molecule has 0 radical (unpaired) electrons. The van der Waals surface area contributed by atoms with E-state index in [1.54, 1.807) is 7.11 Å². The molecule has 29 heavy (non-hydrogen) atoms. The maximum atomic E-state index is 12.7. The molecule has 1 aliphatic carbocycles. The van der Waals surface area contributed by atoms with E-state index in [4.69, 9.17) is 4.74 Å². The molecule has 0 spiro atoms. The second-order valence-corrected chi connectivity index (χ2v) is 7.89. The molecule has 0 aromatic heterocycles. The van der Waals surface area contributed by atoms with E-state index in [1.165, 1.54) is 25.7 Å². The lowest BCUT2D eigenvalue weighted by atomic mass is 9.83. The molecule has 1 amide bonds. The van der Waals surface area contributed by atoms with Gasteiger partial charge in [0.15, 0.2) is 5.96 Å². The first-order chi connectivity index (χ1) is 14.1. The van der Waals surface area contributed by atoms with Crippen molar-refractivity contribution in [3.05, 3.63) is 35.9 Å².